The van der Waals surface area contributed by atoms with Crippen LogP contribution in [0.5, 0.6) is 0 Å². The van der Waals surface area contributed by atoms with E-state index in [4.69, 9.17) is 5.73 Å². The summed E-state index contributed by atoms with van der Waals surface area (Å²) in [5.74, 6) is 0.592. The lowest BCUT2D eigenvalue weighted by atomic mass is 10.2. The summed E-state index contributed by atoms with van der Waals surface area (Å²) in [4.78, 5) is 17.8. The topological polar surface area (TPSA) is 59.2 Å². The van der Waals surface area contributed by atoms with Crippen LogP contribution in [0.4, 0.5) is 11.5 Å². The summed E-state index contributed by atoms with van der Waals surface area (Å²) in [6.07, 6.45) is 2.12. The number of aromatic nitrogens is 1. The minimum absolute atomic E-state index is 0.111. The quantitative estimate of drug-likeness (QED) is 0.868. The number of nitrogens with two attached hydrogens (primary N) is 1. The van der Waals surface area contributed by atoms with Gasteiger partial charge in [0.1, 0.15) is 5.82 Å². The predicted octanol–water partition coefficient (Wildman–Crippen LogP) is 1.75. The molecular formula is C14H13N3O. The Morgan fingerprint density at radius 2 is 2.06 bits per heavy atom. The molecule has 1 aliphatic rings. The number of fused-ring (bicyclic) bond motifs is 1. The highest BCUT2D eigenvalue weighted by molar-refractivity contribution is 6.01. The van der Waals surface area contributed by atoms with E-state index in [9.17, 15) is 4.79 Å². The fraction of sp³-hybridized carbons (Fsp3) is 0.143. The second kappa shape index (κ2) is 4.14. The number of carbonyl (C=O) groups is 1. The van der Waals surface area contributed by atoms with Crippen molar-refractivity contribution in [2.75, 3.05) is 10.6 Å². The Morgan fingerprint density at radius 3 is 2.89 bits per heavy atom. The fourth-order valence-electron chi connectivity index (χ4n) is 2.24. The molecule has 3 rings (SSSR count). The van der Waals surface area contributed by atoms with Crippen LogP contribution in [0.1, 0.15) is 11.1 Å². The van der Waals surface area contributed by atoms with Gasteiger partial charge < -0.3 is 10.6 Å². The van der Waals surface area contributed by atoms with Gasteiger partial charge >= 0.3 is 0 Å². The molecule has 0 unspecified atom stereocenters. The second-order valence-electron chi connectivity index (χ2n) is 4.33. The molecule has 1 amide bonds. The van der Waals surface area contributed by atoms with E-state index in [0.29, 0.717) is 18.8 Å². The average Bonchev–Trinajstić information content (AvgIpc) is 2.69. The maximum absolute atomic E-state index is 12.0. The zero-order valence-corrected chi connectivity index (χ0v) is 9.84. The lowest BCUT2D eigenvalue weighted by Crippen LogP contribution is -2.26. The van der Waals surface area contributed by atoms with E-state index in [1.165, 1.54) is 0 Å². The van der Waals surface area contributed by atoms with Crippen molar-refractivity contribution in [3.05, 3.63) is 53.7 Å². The number of carbonyl (C=O) groups excluding carboxylic acids is 1. The van der Waals surface area contributed by atoms with Crippen molar-refractivity contribution in [1.82, 2.24) is 4.98 Å². The average molecular weight is 239 g/mol. The van der Waals surface area contributed by atoms with Crippen molar-refractivity contribution in [3.8, 4) is 0 Å². The van der Waals surface area contributed by atoms with Crippen LogP contribution in [0.3, 0.4) is 0 Å². The highest BCUT2D eigenvalue weighted by atomic mass is 16.2. The molecule has 1 aromatic carbocycles. The van der Waals surface area contributed by atoms with E-state index in [-0.39, 0.29) is 5.91 Å². The van der Waals surface area contributed by atoms with Crippen LogP contribution in [-0.4, -0.2) is 10.9 Å². The zero-order valence-electron chi connectivity index (χ0n) is 9.84. The molecule has 0 spiro atoms. The Hall–Kier alpha value is -2.36. The number of hydrogen-bond donors (Lipinski definition) is 1. The predicted molar refractivity (Wildman–Crippen MR) is 70.0 cm³/mol. The standard InChI is InChI=1S/C14H13N3O/c15-14-11(5-3-7-16-14)9-17-12-6-2-1-4-10(12)8-13(17)18/h1-7H,8-9H2,(H2,15,16). The first-order valence-corrected chi connectivity index (χ1v) is 5.83. The first-order valence-electron chi connectivity index (χ1n) is 5.83. The maximum Gasteiger partial charge on any atom is 0.231 e. The van der Waals surface area contributed by atoms with Gasteiger partial charge in [-0.25, -0.2) is 4.98 Å². The summed E-state index contributed by atoms with van der Waals surface area (Å²) in [7, 11) is 0. The first-order chi connectivity index (χ1) is 8.75. The molecule has 0 radical (unpaired) electrons. The van der Waals surface area contributed by atoms with Gasteiger partial charge in [0.2, 0.25) is 5.91 Å². The Bertz CT molecular complexity index is 609. The fourth-order valence-corrected chi connectivity index (χ4v) is 2.24. The number of anilines is 2. The van der Waals surface area contributed by atoms with Gasteiger partial charge in [0, 0.05) is 17.4 Å². The van der Waals surface area contributed by atoms with E-state index < -0.39 is 0 Å². The van der Waals surface area contributed by atoms with Crippen LogP contribution >= 0.6 is 0 Å². The Morgan fingerprint density at radius 1 is 1.22 bits per heavy atom. The molecule has 0 atom stereocenters. The Balaban J connectivity index is 1.94. The van der Waals surface area contributed by atoms with Crippen molar-refractivity contribution in [2.45, 2.75) is 13.0 Å². The van der Waals surface area contributed by atoms with Crippen LogP contribution in [0.15, 0.2) is 42.6 Å². The molecule has 18 heavy (non-hydrogen) atoms. The van der Waals surface area contributed by atoms with Crippen molar-refractivity contribution in [1.29, 1.82) is 0 Å². The molecule has 0 saturated heterocycles. The number of nitrogens with zero attached hydrogens (tertiary/aromatic N) is 2. The smallest absolute Gasteiger partial charge is 0.231 e. The lowest BCUT2D eigenvalue weighted by molar-refractivity contribution is -0.117. The van der Waals surface area contributed by atoms with Gasteiger partial charge in [-0.15, -0.1) is 0 Å². The highest BCUT2D eigenvalue weighted by Gasteiger charge is 2.27. The SMILES string of the molecule is Nc1ncccc1CN1C(=O)Cc2ccccc21. The number of nitrogen functional groups attached to an aromatic ring is 1. The molecule has 1 aromatic heterocycles. The third-order valence-electron chi connectivity index (χ3n) is 3.18. The maximum atomic E-state index is 12.0. The molecule has 2 aromatic rings. The van der Waals surface area contributed by atoms with Gasteiger partial charge in [-0.3, -0.25) is 4.79 Å². The van der Waals surface area contributed by atoms with Crippen molar-refractivity contribution >= 4 is 17.4 Å². The van der Waals surface area contributed by atoms with Gasteiger partial charge in [-0.05, 0) is 17.7 Å². The molecule has 0 bridgehead atoms. The molecule has 2 heterocycles. The summed E-state index contributed by atoms with van der Waals surface area (Å²) in [5, 5.41) is 0. The van der Waals surface area contributed by atoms with Gasteiger partial charge in [-0.2, -0.15) is 0 Å². The minimum atomic E-state index is 0.111. The first kappa shape index (κ1) is 10.8. The van der Waals surface area contributed by atoms with Gasteiger partial charge in [-0.1, -0.05) is 24.3 Å². The molecule has 1 aliphatic heterocycles. The van der Waals surface area contributed by atoms with E-state index in [1.807, 2.05) is 36.4 Å². The molecule has 4 nitrogen and oxygen atoms in total. The van der Waals surface area contributed by atoms with Crippen molar-refractivity contribution < 1.29 is 4.79 Å². The summed E-state index contributed by atoms with van der Waals surface area (Å²) >= 11 is 0. The number of benzene rings is 1. The van der Waals surface area contributed by atoms with E-state index in [0.717, 1.165) is 16.8 Å². The second-order valence-corrected chi connectivity index (χ2v) is 4.33. The largest absolute Gasteiger partial charge is 0.383 e. The van der Waals surface area contributed by atoms with Gasteiger partial charge in [0.15, 0.2) is 0 Å². The summed E-state index contributed by atoms with van der Waals surface area (Å²) in [5.41, 5.74) is 8.74. The third kappa shape index (κ3) is 1.72. The zero-order chi connectivity index (χ0) is 12.5. The number of amides is 1. The summed E-state index contributed by atoms with van der Waals surface area (Å²) < 4.78 is 0. The molecule has 0 saturated carbocycles. The number of para-hydroxylation sites is 1. The van der Waals surface area contributed by atoms with Crippen LogP contribution in [0, 0.1) is 0 Å². The third-order valence-corrected chi connectivity index (χ3v) is 3.18. The number of hydrogen-bond acceptors (Lipinski definition) is 3. The van der Waals surface area contributed by atoms with Crippen LogP contribution in [-0.2, 0) is 17.8 Å². The molecular weight excluding hydrogens is 226 g/mol. The van der Waals surface area contributed by atoms with Crippen molar-refractivity contribution in [3.63, 3.8) is 0 Å². The molecule has 90 valence electrons. The number of pyridine rings is 1. The minimum Gasteiger partial charge on any atom is -0.383 e. The van der Waals surface area contributed by atoms with Crippen LogP contribution in [0.25, 0.3) is 0 Å². The molecule has 2 N–H and O–H groups in total. The van der Waals surface area contributed by atoms with Gasteiger partial charge in [0.05, 0.1) is 13.0 Å². The normalized spacial score (nSPS) is 13.8. The van der Waals surface area contributed by atoms with E-state index in [1.54, 1.807) is 11.1 Å². The van der Waals surface area contributed by atoms with E-state index in [2.05, 4.69) is 4.98 Å². The van der Waals surface area contributed by atoms with Crippen LogP contribution in [0.2, 0.25) is 0 Å². The molecule has 0 fully saturated rings. The summed E-state index contributed by atoms with van der Waals surface area (Å²) in [6, 6.07) is 11.6. The summed E-state index contributed by atoms with van der Waals surface area (Å²) in [6.45, 7) is 0.482. The molecule has 4 heteroatoms. The van der Waals surface area contributed by atoms with Gasteiger partial charge in [0.25, 0.3) is 0 Å². The highest BCUT2D eigenvalue weighted by Crippen LogP contribution is 2.30. The van der Waals surface area contributed by atoms with Crippen LogP contribution < -0.4 is 10.6 Å². The Kier molecular flexibility index (Phi) is 2.48. The Labute approximate surface area is 105 Å². The molecule has 0 aliphatic carbocycles. The lowest BCUT2D eigenvalue weighted by Gasteiger charge is -2.18. The number of rotatable bonds is 2. The monoisotopic (exact) mass is 239 g/mol. The van der Waals surface area contributed by atoms with Crippen molar-refractivity contribution in [2.24, 2.45) is 0 Å². The van der Waals surface area contributed by atoms with E-state index >= 15 is 0 Å².